The Morgan fingerprint density at radius 1 is 1.00 bits per heavy atom. The van der Waals surface area contributed by atoms with E-state index in [2.05, 4.69) is 10.3 Å². The molecule has 3 aromatic rings. The predicted octanol–water partition coefficient (Wildman–Crippen LogP) is 3.60. The van der Waals surface area contributed by atoms with E-state index in [1.165, 1.54) is 11.1 Å². The number of nitrogens with one attached hydrogen (secondary N) is 1. The molecule has 1 heterocycles. The number of benzene rings is 2. The van der Waals surface area contributed by atoms with E-state index in [0.29, 0.717) is 30.8 Å². The van der Waals surface area contributed by atoms with Crippen LogP contribution in [-0.2, 0) is 6.54 Å². The summed E-state index contributed by atoms with van der Waals surface area (Å²) in [6.07, 6.45) is 3.57. The fourth-order valence-corrected chi connectivity index (χ4v) is 3.06. The molecule has 3 N–H and O–H groups in total. The minimum Gasteiger partial charge on any atom is -0.334 e. The number of rotatable bonds is 8. The van der Waals surface area contributed by atoms with Gasteiger partial charge in [0.2, 0.25) is 0 Å². The van der Waals surface area contributed by atoms with E-state index >= 15 is 0 Å². The van der Waals surface area contributed by atoms with Gasteiger partial charge in [-0.2, -0.15) is 0 Å². The summed E-state index contributed by atoms with van der Waals surface area (Å²) in [6.45, 7) is 0.871. The first-order valence-electron chi connectivity index (χ1n) is 9.72. The van der Waals surface area contributed by atoms with Crippen LogP contribution in [0.2, 0.25) is 0 Å². The molecule has 3 rings (SSSR count). The maximum atomic E-state index is 13.6. The molecule has 0 saturated heterocycles. The molecule has 6 nitrogen and oxygen atoms in total. The Morgan fingerprint density at radius 2 is 1.77 bits per heavy atom. The van der Waals surface area contributed by atoms with Crippen molar-refractivity contribution in [3.05, 3.63) is 95.3 Å². The van der Waals surface area contributed by atoms with Gasteiger partial charge in [-0.25, -0.2) is 8.78 Å². The van der Waals surface area contributed by atoms with Crippen LogP contribution in [0.5, 0.6) is 0 Å². The summed E-state index contributed by atoms with van der Waals surface area (Å²) in [6, 6.07) is 13.1. The third-order valence-corrected chi connectivity index (χ3v) is 4.51. The van der Waals surface area contributed by atoms with Gasteiger partial charge in [-0.05, 0) is 54.9 Å². The van der Waals surface area contributed by atoms with Crippen molar-refractivity contribution in [2.45, 2.75) is 13.0 Å². The lowest BCUT2D eigenvalue weighted by atomic mass is 10.1. The molecule has 0 aliphatic rings. The number of hydrogen-bond donors (Lipinski definition) is 2. The van der Waals surface area contributed by atoms with E-state index in [1.807, 2.05) is 0 Å². The van der Waals surface area contributed by atoms with Crippen molar-refractivity contribution in [1.29, 1.82) is 0 Å². The van der Waals surface area contributed by atoms with Crippen LogP contribution in [0.1, 0.15) is 32.7 Å². The van der Waals surface area contributed by atoms with Gasteiger partial charge in [0, 0.05) is 42.8 Å². The second-order valence-electron chi connectivity index (χ2n) is 6.92. The number of amides is 2. The Hall–Kier alpha value is -3.65. The molecule has 0 saturated carbocycles. The van der Waals surface area contributed by atoms with Gasteiger partial charge >= 0.3 is 0 Å². The number of carbonyl (C=O) groups is 2. The maximum absolute atomic E-state index is 13.6. The summed E-state index contributed by atoms with van der Waals surface area (Å²) in [5.41, 5.74) is 7.22. The summed E-state index contributed by atoms with van der Waals surface area (Å²) >= 11 is 0. The molecule has 0 aliphatic carbocycles. The lowest BCUT2D eigenvalue weighted by Gasteiger charge is -2.23. The number of nitrogens with two attached hydrogens (primary N) is 1. The highest BCUT2D eigenvalue weighted by molar-refractivity contribution is 6.04. The minimum absolute atomic E-state index is 0.0736. The van der Waals surface area contributed by atoms with Gasteiger partial charge in [0.1, 0.15) is 11.6 Å². The molecule has 31 heavy (non-hydrogen) atoms. The van der Waals surface area contributed by atoms with Gasteiger partial charge in [-0.15, -0.1) is 0 Å². The van der Waals surface area contributed by atoms with Crippen molar-refractivity contribution in [2.75, 3.05) is 18.4 Å². The molecule has 0 radical (unpaired) electrons. The van der Waals surface area contributed by atoms with E-state index in [0.717, 1.165) is 23.8 Å². The molecule has 0 fully saturated rings. The Labute approximate surface area is 178 Å². The predicted molar refractivity (Wildman–Crippen MR) is 113 cm³/mol. The summed E-state index contributed by atoms with van der Waals surface area (Å²) in [7, 11) is 0. The Morgan fingerprint density at radius 3 is 2.45 bits per heavy atom. The Kier molecular flexibility index (Phi) is 7.40. The molecular weight excluding hydrogens is 402 g/mol. The van der Waals surface area contributed by atoms with Gasteiger partial charge in [0.05, 0.1) is 5.56 Å². The van der Waals surface area contributed by atoms with Crippen molar-refractivity contribution >= 4 is 17.5 Å². The van der Waals surface area contributed by atoms with E-state index < -0.39 is 17.5 Å². The van der Waals surface area contributed by atoms with E-state index in [9.17, 15) is 18.4 Å². The topological polar surface area (TPSA) is 88.3 Å². The number of hydrogen-bond acceptors (Lipinski definition) is 4. The number of halogens is 2. The van der Waals surface area contributed by atoms with Crippen molar-refractivity contribution < 1.29 is 18.4 Å². The van der Waals surface area contributed by atoms with E-state index in [4.69, 9.17) is 5.73 Å². The minimum atomic E-state index is -0.817. The van der Waals surface area contributed by atoms with Crippen LogP contribution in [0.3, 0.4) is 0 Å². The summed E-state index contributed by atoms with van der Waals surface area (Å²) in [5.74, 6) is -2.45. The second kappa shape index (κ2) is 10.4. The van der Waals surface area contributed by atoms with Crippen LogP contribution < -0.4 is 11.1 Å². The van der Waals surface area contributed by atoms with Crippen LogP contribution in [0.25, 0.3) is 0 Å². The second-order valence-corrected chi connectivity index (χ2v) is 6.92. The molecular formula is C23H22F2N4O2. The highest BCUT2D eigenvalue weighted by Gasteiger charge is 2.18. The van der Waals surface area contributed by atoms with E-state index in [1.54, 1.807) is 42.6 Å². The van der Waals surface area contributed by atoms with Gasteiger partial charge in [0.15, 0.2) is 0 Å². The molecule has 160 valence electrons. The van der Waals surface area contributed by atoms with Crippen LogP contribution in [-0.4, -0.2) is 34.8 Å². The lowest BCUT2D eigenvalue weighted by molar-refractivity contribution is 0.0741. The fourth-order valence-electron chi connectivity index (χ4n) is 3.06. The first kappa shape index (κ1) is 22.0. The zero-order chi connectivity index (χ0) is 22.2. The molecule has 0 unspecified atom stereocenters. The Bertz CT molecular complexity index is 1040. The van der Waals surface area contributed by atoms with Crippen molar-refractivity contribution in [3.8, 4) is 0 Å². The molecule has 1 aromatic heterocycles. The van der Waals surface area contributed by atoms with Gasteiger partial charge in [-0.3, -0.25) is 14.6 Å². The van der Waals surface area contributed by atoms with Crippen molar-refractivity contribution in [3.63, 3.8) is 0 Å². The molecule has 8 heteroatoms. The van der Waals surface area contributed by atoms with Crippen LogP contribution in [0.4, 0.5) is 14.5 Å². The largest absolute Gasteiger partial charge is 0.334 e. The zero-order valence-corrected chi connectivity index (χ0v) is 16.7. The highest BCUT2D eigenvalue weighted by atomic mass is 19.1. The van der Waals surface area contributed by atoms with Gasteiger partial charge in [0.25, 0.3) is 11.8 Å². The monoisotopic (exact) mass is 424 g/mol. The summed E-state index contributed by atoms with van der Waals surface area (Å²) < 4.78 is 27.1. The number of aromatic nitrogens is 1. The summed E-state index contributed by atoms with van der Waals surface area (Å²) in [4.78, 5) is 30.6. The van der Waals surface area contributed by atoms with Gasteiger partial charge in [-0.1, -0.05) is 12.1 Å². The SMILES string of the molecule is NCCCN(Cc1cccc(NC(=O)c2cccnc2)c1)C(=O)c1cc(F)cc(F)c1. The summed E-state index contributed by atoms with van der Waals surface area (Å²) in [5, 5.41) is 2.79. The highest BCUT2D eigenvalue weighted by Crippen LogP contribution is 2.17. The first-order chi connectivity index (χ1) is 15.0. The van der Waals surface area contributed by atoms with Gasteiger partial charge < -0.3 is 16.0 Å². The van der Waals surface area contributed by atoms with E-state index in [-0.39, 0.29) is 18.0 Å². The molecule has 0 aliphatic heterocycles. The van der Waals surface area contributed by atoms with Crippen LogP contribution in [0, 0.1) is 11.6 Å². The number of carbonyl (C=O) groups excluding carboxylic acids is 2. The lowest BCUT2D eigenvalue weighted by Crippen LogP contribution is -2.32. The maximum Gasteiger partial charge on any atom is 0.257 e. The molecule has 2 aromatic carbocycles. The molecule has 0 bridgehead atoms. The zero-order valence-electron chi connectivity index (χ0n) is 16.7. The third kappa shape index (κ3) is 6.16. The quantitative estimate of drug-likeness (QED) is 0.578. The van der Waals surface area contributed by atoms with Crippen LogP contribution >= 0.6 is 0 Å². The Balaban J connectivity index is 1.77. The molecule has 0 atom stereocenters. The average molecular weight is 424 g/mol. The third-order valence-electron chi connectivity index (χ3n) is 4.51. The number of anilines is 1. The number of nitrogens with zero attached hydrogens (tertiary/aromatic N) is 2. The normalized spacial score (nSPS) is 10.5. The fraction of sp³-hybridized carbons (Fsp3) is 0.174. The first-order valence-corrected chi connectivity index (χ1v) is 9.72. The van der Waals surface area contributed by atoms with Crippen molar-refractivity contribution in [1.82, 2.24) is 9.88 Å². The number of pyridine rings is 1. The molecule has 0 spiro atoms. The van der Waals surface area contributed by atoms with Crippen LogP contribution in [0.15, 0.2) is 67.0 Å². The smallest absolute Gasteiger partial charge is 0.257 e. The average Bonchev–Trinajstić information content (AvgIpc) is 2.76. The van der Waals surface area contributed by atoms with Crippen molar-refractivity contribution in [2.24, 2.45) is 5.73 Å². The molecule has 2 amide bonds. The standard InChI is InChI=1S/C23H22F2N4O2/c24-19-11-18(12-20(25)13-19)23(31)29(9-3-7-26)15-16-4-1-6-21(10-16)28-22(30)17-5-2-8-27-14-17/h1-2,4-6,8,10-14H,3,7,9,15,26H2,(H,28,30).